The minimum Gasteiger partial charge on any atom is -0.461 e. The summed E-state index contributed by atoms with van der Waals surface area (Å²) in [6.07, 6.45) is -4.45. The highest BCUT2D eigenvalue weighted by atomic mass is 32.1. The Kier molecular flexibility index (Phi) is 6.36. The maximum Gasteiger partial charge on any atom is 0.416 e. The third kappa shape index (κ3) is 5.20. The first-order chi connectivity index (χ1) is 15.2. The molecular weight excluding hydrogens is 441 g/mol. The van der Waals surface area contributed by atoms with Crippen LogP contribution in [0.3, 0.4) is 0 Å². The van der Waals surface area contributed by atoms with Crippen molar-refractivity contribution in [2.75, 3.05) is 38.5 Å². The van der Waals surface area contributed by atoms with Crippen molar-refractivity contribution in [1.29, 1.82) is 0 Å². The number of nitrogens with zero attached hydrogens (tertiary/aromatic N) is 3. The van der Waals surface area contributed by atoms with Crippen molar-refractivity contribution >= 4 is 22.4 Å². The lowest BCUT2D eigenvalue weighted by Crippen LogP contribution is -2.43. The fourth-order valence-electron chi connectivity index (χ4n) is 3.54. The van der Waals surface area contributed by atoms with Gasteiger partial charge in [0.1, 0.15) is 11.5 Å². The van der Waals surface area contributed by atoms with Gasteiger partial charge >= 0.3 is 6.18 Å². The number of hydrogen-bond acceptors (Lipinski definition) is 6. The quantitative estimate of drug-likeness (QED) is 0.592. The Morgan fingerprint density at radius 1 is 1.22 bits per heavy atom. The van der Waals surface area contributed by atoms with Crippen LogP contribution >= 0.6 is 11.3 Å². The summed E-state index contributed by atoms with van der Waals surface area (Å²) in [5, 5.41) is 5.16. The molecule has 3 aromatic rings. The van der Waals surface area contributed by atoms with E-state index in [1.54, 1.807) is 6.92 Å². The van der Waals surface area contributed by atoms with E-state index in [0.29, 0.717) is 10.9 Å². The molecule has 32 heavy (non-hydrogen) atoms. The molecule has 1 aliphatic rings. The van der Waals surface area contributed by atoms with E-state index in [9.17, 15) is 18.0 Å². The van der Waals surface area contributed by atoms with E-state index in [4.69, 9.17) is 4.42 Å². The first kappa shape index (κ1) is 22.5. The molecule has 2 aromatic heterocycles. The zero-order valence-corrected chi connectivity index (χ0v) is 18.5. The number of benzene rings is 1. The molecule has 170 valence electrons. The molecule has 0 spiro atoms. The molecule has 0 aliphatic carbocycles. The van der Waals surface area contributed by atoms with Crippen molar-refractivity contribution in [3.63, 3.8) is 0 Å². The Morgan fingerprint density at radius 3 is 2.69 bits per heavy atom. The summed E-state index contributed by atoms with van der Waals surface area (Å²) in [6, 6.07) is 6.29. The average molecular weight is 465 g/mol. The highest BCUT2D eigenvalue weighted by molar-refractivity contribution is 7.14. The molecule has 0 atom stereocenters. The smallest absolute Gasteiger partial charge is 0.416 e. The molecule has 4 rings (SSSR count). The number of anilines is 1. The summed E-state index contributed by atoms with van der Waals surface area (Å²) >= 11 is 1.34. The molecule has 0 unspecified atom stereocenters. The third-order valence-electron chi connectivity index (χ3n) is 5.39. The number of likely N-dealkylation sites (N-methyl/N-ethyl adjacent to an activating group) is 1. The summed E-state index contributed by atoms with van der Waals surface area (Å²) in [7, 11) is 2.10. The number of thiazole rings is 1. The van der Waals surface area contributed by atoms with Crippen LogP contribution in [0.1, 0.15) is 27.4 Å². The molecule has 0 bridgehead atoms. The lowest BCUT2D eigenvalue weighted by Gasteiger charge is -2.31. The monoisotopic (exact) mass is 464 g/mol. The van der Waals surface area contributed by atoms with Gasteiger partial charge in [-0.2, -0.15) is 13.2 Å². The van der Waals surface area contributed by atoms with Gasteiger partial charge in [0.15, 0.2) is 5.13 Å². The Bertz CT molecular complexity index is 1100. The number of piperazine rings is 1. The van der Waals surface area contributed by atoms with Crippen LogP contribution < -0.4 is 5.32 Å². The lowest BCUT2D eigenvalue weighted by atomic mass is 10.1. The van der Waals surface area contributed by atoms with E-state index in [1.807, 2.05) is 5.38 Å². The Balaban J connectivity index is 1.44. The van der Waals surface area contributed by atoms with Crippen LogP contribution in [0.2, 0.25) is 0 Å². The zero-order chi connectivity index (χ0) is 22.9. The number of carbonyl (C=O) groups is 1. The molecule has 1 fully saturated rings. The maximum absolute atomic E-state index is 13.0. The molecule has 6 nitrogen and oxygen atoms in total. The summed E-state index contributed by atoms with van der Waals surface area (Å²) in [4.78, 5) is 21.8. The van der Waals surface area contributed by atoms with Gasteiger partial charge in [-0.25, -0.2) is 4.98 Å². The third-order valence-corrected chi connectivity index (χ3v) is 6.20. The lowest BCUT2D eigenvalue weighted by molar-refractivity contribution is -0.137. The van der Waals surface area contributed by atoms with E-state index in [0.717, 1.165) is 50.6 Å². The number of carbonyl (C=O) groups excluding carboxylic acids is 1. The second-order valence-electron chi connectivity index (χ2n) is 7.84. The van der Waals surface area contributed by atoms with E-state index < -0.39 is 17.6 Å². The SMILES string of the molecule is Cc1oc(-c2cccc(C(F)(F)F)c2)cc1C(=O)Nc1nc(CN2CCN(C)CC2)cs1. The molecular formula is C22H23F3N4O2S. The number of aromatic nitrogens is 1. The van der Waals surface area contributed by atoms with Gasteiger partial charge in [0.25, 0.3) is 5.91 Å². The number of rotatable bonds is 5. The molecule has 3 heterocycles. The summed E-state index contributed by atoms with van der Waals surface area (Å²) in [6.45, 7) is 6.31. The fraction of sp³-hybridized carbons (Fsp3) is 0.364. The van der Waals surface area contributed by atoms with Gasteiger partial charge in [0.05, 0.1) is 16.8 Å². The molecule has 0 saturated carbocycles. The fourth-order valence-corrected chi connectivity index (χ4v) is 4.23. The minimum atomic E-state index is -4.45. The molecule has 1 aliphatic heterocycles. The number of aryl methyl sites for hydroxylation is 1. The van der Waals surface area contributed by atoms with Gasteiger partial charge in [-0.3, -0.25) is 15.0 Å². The molecule has 0 radical (unpaired) electrons. The van der Waals surface area contributed by atoms with Crippen molar-refractivity contribution in [3.05, 3.63) is 58.3 Å². The second kappa shape index (κ2) is 9.05. The van der Waals surface area contributed by atoms with Gasteiger partial charge < -0.3 is 9.32 Å². The van der Waals surface area contributed by atoms with Gasteiger partial charge in [-0.15, -0.1) is 11.3 Å². The summed E-state index contributed by atoms with van der Waals surface area (Å²) < 4.78 is 44.6. The van der Waals surface area contributed by atoms with Gasteiger partial charge in [-0.1, -0.05) is 12.1 Å². The summed E-state index contributed by atoms with van der Waals surface area (Å²) in [5.74, 6) is 0.114. The summed E-state index contributed by atoms with van der Waals surface area (Å²) in [5.41, 5.74) is 0.632. The van der Waals surface area contributed by atoms with E-state index >= 15 is 0 Å². The Labute approximate surface area is 187 Å². The van der Waals surface area contributed by atoms with Crippen molar-refractivity contribution < 1.29 is 22.4 Å². The van der Waals surface area contributed by atoms with Gasteiger partial charge in [0, 0.05) is 43.7 Å². The van der Waals surface area contributed by atoms with Crippen LogP contribution in [-0.2, 0) is 12.7 Å². The second-order valence-corrected chi connectivity index (χ2v) is 8.69. The standard InChI is InChI=1S/C22H23F3N4O2S/c1-14-18(11-19(31-14)15-4-3-5-16(10-15)22(23,24)25)20(30)27-21-26-17(13-32-21)12-29-8-6-28(2)7-9-29/h3-5,10-11,13H,6-9,12H2,1-2H3,(H,26,27,30). The van der Waals surface area contributed by atoms with Crippen LogP contribution in [0.25, 0.3) is 11.3 Å². The number of halogens is 3. The maximum atomic E-state index is 13.0. The predicted octanol–water partition coefficient (Wildman–Crippen LogP) is 4.73. The highest BCUT2D eigenvalue weighted by Gasteiger charge is 2.31. The minimum absolute atomic E-state index is 0.202. The molecule has 10 heteroatoms. The normalized spacial score (nSPS) is 15.8. The van der Waals surface area contributed by atoms with E-state index in [2.05, 4.69) is 27.1 Å². The zero-order valence-electron chi connectivity index (χ0n) is 17.7. The first-order valence-electron chi connectivity index (χ1n) is 10.1. The topological polar surface area (TPSA) is 61.6 Å². The Hall–Kier alpha value is -2.69. The predicted molar refractivity (Wildman–Crippen MR) is 117 cm³/mol. The Morgan fingerprint density at radius 2 is 1.97 bits per heavy atom. The highest BCUT2D eigenvalue weighted by Crippen LogP contribution is 2.33. The number of amides is 1. The van der Waals surface area contributed by atoms with Gasteiger partial charge in [-0.05, 0) is 32.2 Å². The van der Waals surface area contributed by atoms with Crippen molar-refractivity contribution in [2.45, 2.75) is 19.6 Å². The number of alkyl halides is 3. The molecule has 1 aromatic carbocycles. The average Bonchev–Trinajstić information content (AvgIpc) is 3.35. The van der Waals surface area contributed by atoms with Crippen LogP contribution in [0.5, 0.6) is 0 Å². The van der Waals surface area contributed by atoms with Crippen molar-refractivity contribution in [2.24, 2.45) is 0 Å². The molecule has 1 saturated heterocycles. The van der Waals surface area contributed by atoms with Gasteiger partial charge in [0.2, 0.25) is 0 Å². The van der Waals surface area contributed by atoms with Crippen molar-refractivity contribution in [1.82, 2.24) is 14.8 Å². The van der Waals surface area contributed by atoms with Crippen LogP contribution in [0.4, 0.5) is 18.3 Å². The van der Waals surface area contributed by atoms with E-state index in [-0.39, 0.29) is 16.9 Å². The number of furan rings is 1. The molecule has 1 N–H and O–H groups in total. The van der Waals surface area contributed by atoms with Crippen LogP contribution in [-0.4, -0.2) is 53.9 Å². The largest absolute Gasteiger partial charge is 0.461 e. The van der Waals surface area contributed by atoms with Crippen LogP contribution in [0.15, 0.2) is 40.1 Å². The number of hydrogen-bond donors (Lipinski definition) is 1. The number of nitrogens with one attached hydrogen (secondary N) is 1. The van der Waals surface area contributed by atoms with Crippen LogP contribution in [0, 0.1) is 6.92 Å². The van der Waals surface area contributed by atoms with E-state index in [1.165, 1.54) is 29.5 Å². The van der Waals surface area contributed by atoms with Crippen molar-refractivity contribution in [3.8, 4) is 11.3 Å². The first-order valence-corrected chi connectivity index (χ1v) is 11.0. The molecule has 1 amide bonds.